The highest BCUT2D eigenvalue weighted by Gasteiger charge is 2.23. The molecule has 7 nitrogen and oxygen atoms in total. The SMILES string of the molecule is CC(C)COC(=O)N1CCCN(C(=O)CCc2nc3ccccc3n2-c2ccccc2)CC1. The van der Waals surface area contributed by atoms with Crippen LogP contribution in [0.25, 0.3) is 16.7 Å². The Morgan fingerprint density at radius 2 is 1.64 bits per heavy atom. The molecule has 0 saturated carbocycles. The molecule has 2 aromatic carbocycles. The Morgan fingerprint density at radius 1 is 0.939 bits per heavy atom. The van der Waals surface area contributed by atoms with E-state index in [1.54, 1.807) is 4.90 Å². The number of para-hydroxylation sites is 3. The second kappa shape index (κ2) is 10.5. The number of rotatable bonds is 6. The molecule has 0 spiro atoms. The number of ether oxygens (including phenoxy) is 1. The summed E-state index contributed by atoms with van der Waals surface area (Å²) in [5, 5.41) is 0. The van der Waals surface area contributed by atoms with Crippen LogP contribution in [0.3, 0.4) is 0 Å². The minimum Gasteiger partial charge on any atom is -0.449 e. The normalized spacial score (nSPS) is 14.5. The van der Waals surface area contributed by atoms with Gasteiger partial charge in [0.25, 0.3) is 0 Å². The average molecular weight is 449 g/mol. The van der Waals surface area contributed by atoms with Crippen LogP contribution >= 0.6 is 0 Å². The molecule has 3 aromatic rings. The first kappa shape index (κ1) is 22.8. The lowest BCUT2D eigenvalue weighted by molar-refractivity contribution is -0.131. The van der Waals surface area contributed by atoms with Crippen molar-refractivity contribution >= 4 is 23.0 Å². The van der Waals surface area contributed by atoms with Crippen molar-refractivity contribution in [2.75, 3.05) is 32.8 Å². The van der Waals surface area contributed by atoms with Gasteiger partial charge in [-0.2, -0.15) is 0 Å². The maximum atomic E-state index is 13.0. The number of hydrogen-bond donors (Lipinski definition) is 0. The molecule has 4 rings (SSSR count). The topological polar surface area (TPSA) is 67.7 Å². The Kier molecular flexibility index (Phi) is 7.27. The molecular weight excluding hydrogens is 416 g/mol. The van der Waals surface area contributed by atoms with Crippen LogP contribution < -0.4 is 0 Å². The standard InChI is InChI=1S/C26H32N4O3/c1-20(2)19-33-26(32)29-16-8-15-28(17-18-29)25(31)14-13-24-27-22-11-6-7-12-23(22)30(24)21-9-4-3-5-10-21/h3-7,9-12,20H,8,13-19H2,1-2H3. The van der Waals surface area contributed by atoms with Gasteiger partial charge in [0.15, 0.2) is 0 Å². The Balaban J connectivity index is 1.41. The largest absolute Gasteiger partial charge is 0.449 e. The quantitative estimate of drug-likeness (QED) is 0.564. The smallest absolute Gasteiger partial charge is 0.409 e. The summed E-state index contributed by atoms with van der Waals surface area (Å²) in [6, 6.07) is 18.2. The van der Waals surface area contributed by atoms with Gasteiger partial charge in [0.1, 0.15) is 5.82 Å². The van der Waals surface area contributed by atoms with Crippen molar-refractivity contribution in [3.63, 3.8) is 0 Å². The van der Waals surface area contributed by atoms with Crippen LogP contribution in [0.1, 0.15) is 32.5 Å². The van der Waals surface area contributed by atoms with E-state index in [2.05, 4.69) is 22.8 Å². The van der Waals surface area contributed by atoms with E-state index in [-0.39, 0.29) is 12.0 Å². The summed E-state index contributed by atoms with van der Waals surface area (Å²) in [7, 11) is 0. The molecule has 2 heterocycles. The maximum absolute atomic E-state index is 13.0. The zero-order valence-corrected chi connectivity index (χ0v) is 19.4. The van der Waals surface area contributed by atoms with Crippen molar-refractivity contribution in [2.24, 2.45) is 5.92 Å². The summed E-state index contributed by atoms with van der Waals surface area (Å²) in [6.45, 7) is 6.76. The van der Waals surface area contributed by atoms with E-state index in [0.29, 0.717) is 51.5 Å². The summed E-state index contributed by atoms with van der Waals surface area (Å²) >= 11 is 0. The van der Waals surface area contributed by atoms with E-state index in [4.69, 9.17) is 9.72 Å². The highest BCUT2D eigenvalue weighted by atomic mass is 16.6. The Hall–Kier alpha value is -3.35. The van der Waals surface area contributed by atoms with E-state index in [1.165, 1.54) is 0 Å². The molecule has 1 aliphatic heterocycles. The van der Waals surface area contributed by atoms with Gasteiger partial charge in [0.2, 0.25) is 5.91 Å². The van der Waals surface area contributed by atoms with Crippen molar-refractivity contribution in [1.82, 2.24) is 19.4 Å². The molecule has 0 radical (unpaired) electrons. The van der Waals surface area contributed by atoms with Crippen LogP contribution in [0, 0.1) is 5.92 Å². The Bertz CT molecular complexity index is 1090. The number of carbonyl (C=O) groups excluding carboxylic acids is 2. The molecule has 2 amide bonds. The molecule has 0 bridgehead atoms. The molecule has 1 aromatic heterocycles. The number of imidazole rings is 1. The second-order valence-electron chi connectivity index (χ2n) is 8.88. The van der Waals surface area contributed by atoms with Gasteiger partial charge in [0, 0.05) is 44.7 Å². The summed E-state index contributed by atoms with van der Waals surface area (Å²) in [6.07, 6.45) is 1.41. The zero-order valence-electron chi connectivity index (χ0n) is 19.4. The number of aryl methyl sites for hydroxylation is 1. The molecule has 1 saturated heterocycles. The van der Waals surface area contributed by atoms with Crippen molar-refractivity contribution in [1.29, 1.82) is 0 Å². The third kappa shape index (κ3) is 5.53. The Morgan fingerprint density at radius 3 is 2.42 bits per heavy atom. The van der Waals surface area contributed by atoms with Crippen LogP contribution in [-0.2, 0) is 16.0 Å². The van der Waals surface area contributed by atoms with Gasteiger partial charge < -0.3 is 14.5 Å². The molecule has 0 atom stereocenters. The fourth-order valence-electron chi connectivity index (χ4n) is 4.16. The van der Waals surface area contributed by atoms with Crippen molar-refractivity contribution in [3.05, 3.63) is 60.4 Å². The first-order chi connectivity index (χ1) is 16.0. The highest BCUT2D eigenvalue weighted by Crippen LogP contribution is 2.22. The Labute approximate surface area is 195 Å². The summed E-state index contributed by atoms with van der Waals surface area (Å²) in [5.41, 5.74) is 3.00. The van der Waals surface area contributed by atoms with Gasteiger partial charge in [0.05, 0.1) is 17.6 Å². The van der Waals surface area contributed by atoms with Crippen molar-refractivity contribution in [3.8, 4) is 5.69 Å². The van der Waals surface area contributed by atoms with Crippen LogP contribution in [0.5, 0.6) is 0 Å². The van der Waals surface area contributed by atoms with Gasteiger partial charge in [-0.25, -0.2) is 9.78 Å². The molecule has 0 unspecified atom stereocenters. The van der Waals surface area contributed by atoms with Gasteiger partial charge in [-0.3, -0.25) is 9.36 Å². The second-order valence-corrected chi connectivity index (χ2v) is 8.88. The number of benzene rings is 2. The number of hydrogen-bond acceptors (Lipinski definition) is 4. The fourth-order valence-corrected chi connectivity index (χ4v) is 4.16. The average Bonchev–Trinajstić information content (AvgIpc) is 3.01. The van der Waals surface area contributed by atoms with E-state index >= 15 is 0 Å². The molecule has 33 heavy (non-hydrogen) atoms. The maximum Gasteiger partial charge on any atom is 0.409 e. The summed E-state index contributed by atoms with van der Waals surface area (Å²) in [5.74, 6) is 1.28. The predicted octanol–water partition coefficient (Wildman–Crippen LogP) is 4.29. The van der Waals surface area contributed by atoms with Crippen LogP contribution in [0.2, 0.25) is 0 Å². The van der Waals surface area contributed by atoms with Crippen LogP contribution in [0.15, 0.2) is 54.6 Å². The minimum absolute atomic E-state index is 0.0964. The summed E-state index contributed by atoms with van der Waals surface area (Å²) in [4.78, 5) is 33.7. The molecule has 0 aliphatic carbocycles. The number of fused-ring (bicyclic) bond motifs is 1. The van der Waals surface area contributed by atoms with Crippen molar-refractivity contribution in [2.45, 2.75) is 33.1 Å². The van der Waals surface area contributed by atoms with Crippen LogP contribution in [0.4, 0.5) is 4.79 Å². The lowest BCUT2D eigenvalue weighted by Gasteiger charge is -2.22. The molecular formula is C26H32N4O3. The fraction of sp³-hybridized carbons (Fsp3) is 0.423. The third-order valence-electron chi connectivity index (χ3n) is 5.85. The predicted molar refractivity (Wildman–Crippen MR) is 128 cm³/mol. The van der Waals surface area contributed by atoms with E-state index < -0.39 is 0 Å². The number of carbonyl (C=O) groups is 2. The van der Waals surface area contributed by atoms with E-state index in [9.17, 15) is 9.59 Å². The monoisotopic (exact) mass is 448 g/mol. The minimum atomic E-state index is -0.283. The van der Waals surface area contributed by atoms with E-state index in [0.717, 1.165) is 29.0 Å². The lowest BCUT2D eigenvalue weighted by Crippen LogP contribution is -2.38. The number of aromatic nitrogens is 2. The van der Waals surface area contributed by atoms with Crippen molar-refractivity contribution < 1.29 is 14.3 Å². The van der Waals surface area contributed by atoms with Gasteiger partial charge >= 0.3 is 6.09 Å². The first-order valence-corrected chi connectivity index (χ1v) is 11.7. The van der Waals surface area contributed by atoms with E-state index in [1.807, 2.05) is 55.1 Å². The third-order valence-corrected chi connectivity index (χ3v) is 5.85. The zero-order chi connectivity index (χ0) is 23.2. The van der Waals surface area contributed by atoms with Gasteiger partial charge in [-0.1, -0.05) is 44.2 Å². The number of amides is 2. The molecule has 174 valence electrons. The van der Waals surface area contributed by atoms with Crippen LogP contribution in [-0.4, -0.2) is 64.1 Å². The molecule has 7 heteroatoms. The molecule has 0 N–H and O–H groups in total. The summed E-state index contributed by atoms with van der Waals surface area (Å²) < 4.78 is 7.49. The number of nitrogens with zero attached hydrogens (tertiary/aromatic N) is 4. The highest BCUT2D eigenvalue weighted by molar-refractivity contribution is 5.79. The van der Waals surface area contributed by atoms with Gasteiger partial charge in [-0.15, -0.1) is 0 Å². The molecule has 1 fully saturated rings. The first-order valence-electron chi connectivity index (χ1n) is 11.7. The van der Waals surface area contributed by atoms with Gasteiger partial charge in [-0.05, 0) is 36.6 Å². The molecule has 1 aliphatic rings. The lowest BCUT2D eigenvalue weighted by atomic mass is 10.2.